The van der Waals surface area contributed by atoms with Gasteiger partial charge in [0.15, 0.2) is 0 Å². The van der Waals surface area contributed by atoms with Crippen molar-refractivity contribution in [2.45, 2.75) is 44.4 Å². The Bertz CT molecular complexity index is 1640. The van der Waals surface area contributed by atoms with Crippen LogP contribution >= 0.6 is 0 Å². The van der Waals surface area contributed by atoms with E-state index < -0.39 is 0 Å². The second kappa shape index (κ2) is 12.9. The lowest BCUT2D eigenvalue weighted by Crippen LogP contribution is -2.41. The molecule has 8 heteroatoms. The van der Waals surface area contributed by atoms with Gasteiger partial charge in [-0.1, -0.05) is 42.5 Å². The number of aliphatic hydroxyl groups excluding tert-OH is 1. The van der Waals surface area contributed by atoms with Crippen LogP contribution in [0, 0.1) is 0 Å². The molecule has 8 nitrogen and oxygen atoms in total. The molecule has 1 aromatic heterocycles. The Kier molecular flexibility index (Phi) is 8.37. The van der Waals surface area contributed by atoms with Crippen molar-refractivity contribution in [1.29, 1.82) is 0 Å². The minimum Gasteiger partial charge on any atom is -0.456 e. The van der Waals surface area contributed by atoms with Crippen molar-refractivity contribution in [3.8, 4) is 11.5 Å². The largest absolute Gasteiger partial charge is 0.456 e. The predicted octanol–water partition coefficient (Wildman–Crippen LogP) is 5.26. The smallest absolute Gasteiger partial charge is 0.271 e. The van der Waals surface area contributed by atoms with Crippen molar-refractivity contribution < 1.29 is 14.6 Å². The zero-order chi connectivity index (χ0) is 29.9. The van der Waals surface area contributed by atoms with Gasteiger partial charge in [0.25, 0.3) is 5.56 Å². The SMILES string of the molecule is O=c1[nH]cccc1N1CCOC(c2cccc3c2Oc2ccc(NC4CCN(CCc5ccc(CO)cc5)CC4)cc2C3)C1. The van der Waals surface area contributed by atoms with Crippen LogP contribution < -0.4 is 20.5 Å². The molecule has 0 aliphatic carbocycles. The van der Waals surface area contributed by atoms with Gasteiger partial charge in [-0.25, -0.2) is 0 Å². The number of nitrogens with zero attached hydrogens (tertiary/aromatic N) is 2. The summed E-state index contributed by atoms with van der Waals surface area (Å²) in [5.41, 5.74) is 7.40. The normalized spacial score (nSPS) is 18.8. The van der Waals surface area contributed by atoms with E-state index in [4.69, 9.17) is 9.47 Å². The molecule has 0 radical (unpaired) electrons. The number of ether oxygens (including phenoxy) is 2. The lowest BCUT2D eigenvalue weighted by atomic mass is 9.95. The summed E-state index contributed by atoms with van der Waals surface area (Å²) < 4.78 is 12.8. The quantitative estimate of drug-likeness (QED) is 0.227. The lowest BCUT2D eigenvalue weighted by Gasteiger charge is -2.35. The molecule has 44 heavy (non-hydrogen) atoms. The monoisotopic (exact) mass is 592 g/mol. The van der Waals surface area contributed by atoms with Crippen LogP contribution in [-0.4, -0.2) is 60.4 Å². The Morgan fingerprint density at radius 3 is 2.59 bits per heavy atom. The first kappa shape index (κ1) is 28.6. The number of rotatable bonds is 8. The second-order valence-electron chi connectivity index (χ2n) is 12.1. The molecule has 0 amide bonds. The van der Waals surface area contributed by atoms with Gasteiger partial charge in [0.05, 0.1) is 13.2 Å². The second-order valence-corrected chi connectivity index (χ2v) is 12.1. The number of hydrogen-bond donors (Lipinski definition) is 3. The van der Waals surface area contributed by atoms with Gasteiger partial charge in [0.1, 0.15) is 23.3 Å². The Labute approximate surface area is 258 Å². The van der Waals surface area contributed by atoms with Gasteiger partial charge in [0.2, 0.25) is 0 Å². The third-order valence-corrected chi connectivity index (χ3v) is 9.21. The first-order chi connectivity index (χ1) is 21.6. The number of aromatic amines is 1. The number of pyridine rings is 1. The first-order valence-corrected chi connectivity index (χ1v) is 15.8. The summed E-state index contributed by atoms with van der Waals surface area (Å²) >= 11 is 0. The lowest BCUT2D eigenvalue weighted by molar-refractivity contribution is 0.0383. The fourth-order valence-corrected chi connectivity index (χ4v) is 6.70. The molecule has 228 valence electrons. The van der Waals surface area contributed by atoms with E-state index in [1.54, 1.807) is 6.20 Å². The van der Waals surface area contributed by atoms with Crippen LogP contribution in [0.4, 0.5) is 11.4 Å². The molecular weight excluding hydrogens is 552 g/mol. The van der Waals surface area contributed by atoms with Crippen molar-refractivity contribution in [2.24, 2.45) is 0 Å². The highest BCUT2D eigenvalue weighted by molar-refractivity contribution is 5.59. The molecule has 0 spiro atoms. The van der Waals surface area contributed by atoms with Crippen LogP contribution in [0.25, 0.3) is 0 Å². The molecule has 1 atom stereocenters. The van der Waals surface area contributed by atoms with Crippen LogP contribution in [0.1, 0.15) is 46.8 Å². The van der Waals surface area contributed by atoms with E-state index in [2.05, 4.69) is 68.6 Å². The molecule has 3 aliphatic heterocycles. The Morgan fingerprint density at radius 1 is 0.932 bits per heavy atom. The Hall–Kier alpha value is -4.11. The summed E-state index contributed by atoms with van der Waals surface area (Å²) in [5.74, 6) is 1.77. The van der Waals surface area contributed by atoms with Gasteiger partial charge in [-0.2, -0.15) is 0 Å². The van der Waals surface area contributed by atoms with E-state index >= 15 is 0 Å². The van der Waals surface area contributed by atoms with Gasteiger partial charge in [-0.15, -0.1) is 0 Å². The van der Waals surface area contributed by atoms with E-state index in [-0.39, 0.29) is 18.3 Å². The highest BCUT2D eigenvalue weighted by Crippen LogP contribution is 2.43. The molecule has 3 aromatic carbocycles. The van der Waals surface area contributed by atoms with Gasteiger partial charge >= 0.3 is 0 Å². The highest BCUT2D eigenvalue weighted by Gasteiger charge is 2.29. The van der Waals surface area contributed by atoms with Crippen molar-refractivity contribution in [1.82, 2.24) is 9.88 Å². The van der Waals surface area contributed by atoms with Gasteiger partial charge in [-0.05, 0) is 66.3 Å². The number of H-pyrrole nitrogens is 1. The number of benzene rings is 3. The molecule has 7 rings (SSSR count). The van der Waals surface area contributed by atoms with Crippen LogP contribution in [0.15, 0.2) is 83.8 Å². The van der Waals surface area contributed by atoms with Crippen molar-refractivity contribution >= 4 is 11.4 Å². The van der Waals surface area contributed by atoms with E-state index in [0.29, 0.717) is 31.4 Å². The number of piperidine rings is 1. The molecular formula is C36H40N4O4. The van der Waals surface area contributed by atoms with Crippen LogP contribution in [0.3, 0.4) is 0 Å². The van der Waals surface area contributed by atoms with Crippen molar-refractivity contribution in [3.63, 3.8) is 0 Å². The number of aromatic nitrogens is 1. The molecule has 1 unspecified atom stereocenters. The maximum Gasteiger partial charge on any atom is 0.271 e. The fourth-order valence-electron chi connectivity index (χ4n) is 6.70. The fraction of sp³-hybridized carbons (Fsp3) is 0.361. The summed E-state index contributed by atoms with van der Waals surface area (Å²) in [7, 11) is 0. The molecule has 3 aliphatic rings. The number of likely N-dealkylation sites (tertiary alicyclic amines) is 1. The molecule has 2 fully saturated rings. The molecule has 2 saturated heterocycles. The minimum absolute atomic E-state index is 0.0788. The number of para-hydroxylation sites is 1. The van der Waals surface area contributed by atoms with Gasteiger partial charge < -0.3 is 34.7 Å². The third kappa shape index (κ3) is 6.24. The number of aliphatic hydroxyl groups is 1. The molecule has 4 heterocycles. The van der Waals surface area contributed by atoms with Crippen molar-refractivity contribution in [2.75, 3.05) is 49.5 Å². The summed E-state index contributed by atoms with van der Waals surface area (Å²) in [6.45, 7) is 5.17. The number of nitrogens with one attached hydrogen (secondary N) is 2. The third-order valence-electron chi connectivity index (χ3n) is 9.21. The Morgan fingerprint density at radius 2 is 1.77 bits per heavy atom. The van der Waals surface area contributed by atoms with Crippen LogP contribution in [0.2, 0.25) is 0 Å². The van der Waals surface area contributed by atoms with E-state index in [9.17, 15) is 9.90 Å². The number of anilines is 2. The first-order valence-electron chi connectivity index (χ1n) is 15.8. The number of morpholine rings is 1. The maximum absolute atomic E-state index is 12.4. The molecule has 0 bridgehead atoms. The molecule has 0 saturated carbocycles. The highest BCUT2D eigenvalue weighted by atomic mass is 16.5. The number of hydrogen-bond acceptors (Lipinski definition) is 7. The van der Waals surface area contributed by atoms with Gasteiger partial charge in [0, 0.05) is 68.2 Å². The predicted molar refractivity (Wildman–Crippen MR) is 173 cm³/mol. The summed E-state index contributed by atoms with van der Waals surface area (Å²) in [4.78, 5) is 19.9. The average Bonchev–Trinajstić information content (AvgIpc) is 3.07. The Balaban J connectivity index is 0.961. The van der Waals surface area contributed by atoms with Crippen LogP contribution in [-0.2, 0) is 24.2 Å². The summed E-state index contributed by atoms with van der Waals surface area (Å²) in [6, 6.07) is 25.3. The average molecular weight is 593 g/mol. The minimum atomic E-state index is -0.182. The molecule has 3 N–H and O–H groups in total. The topological polar surface area (TPSA) is 90.1 Å². The maximum atomic E-state index is 12.4. The van der Waals surface area contributed by atoms with E-state index in [1.165, 1.54) is 11.1 Å². The summed E-state index contributed by atoms with van der Waals surface area (Å²) in [5, 5.41) is 13.0. The zero-order valence-corrected chi connectivity index (χ0v) is 25.0. The van der Waals surface area contributed by atoms with E-state index in [1.807, 2.05) is 24.3 Å². The molecule has 4 aromatic rings. The standard InChI is InChI=1S/C36H40N4O4/c41-24-26-8-6-25(7-9-26)12-16-39-17-13-29(14-18-39)38-30-10-11-33-28(22-30)21-27-3-1-4-31(35(27)44-33)34-23-40(19-20-43-34)32-5-2-15-37-36(32)42/h1-11,15,22,29,34,38,41H,12-14,16-21,23-24H2,(H,37,42). The van der Waals surface area contributed by atoms with Gasteiger partial charge in [-0.3, -0.25) is 4.79 Å². The zero-order valence-electron chi connectivity index (χ0n) is 25.0. The van der Waals surface area contributed by atoms with E-state index in [0.717, 1.165) is 79.2 Å². The van der Waals surface area contributed by atoms with Crippen molar-refractivity contribution in [3.05, 3.63) is 117 Å². The number of fused-ring (bicyclic) bond motifs is 2. The van der Waals surface area contributed by atoms with Crippen LogP contribution in [0.5, 0.6) is 11.5 Å². The summed E-state index contributed by atoms with van der Waals surface area (Å²) in [6.07, 6.45) is 5.57.